The third-order valence-corrected chi connectivity index (χ3v) is 3.75. The van der Waals surface area contributed by atoms with E-state index in [9.17, 15) is 9.18 Å². The van der Waals surface area contributed by atoms with Crippen LogP contribution in [-0.4, -0.2) is 33.9 Å². The molecule has 0 saturated carbocycles. The van der Waals surface area contributed by atoms with Gasteiger partial charge in [-0.15, -0.1) is 0 Å². The molecule has 0 atom stereocenters. The van der Waals surface area contributed by atoms with E-state index in [0.717, 1.165) is 0 Å². The van der Waals surface area contributed by atoms with Crippen molar-refractivity contribution >= 4 is 23.5 Å². The highest BCUT2D eigenvalue weighted by atomic mass is 32.2. The zero-order valence-electron chi connectivity index (χ0n) is 13.4. The van der Waals surface area contributed by atoms with Gasteiger partial charge in [-0.05, 0) is 24.8 Å². The third-order valence-electron chi connectivity index (χ3n) is 3.19. The molecule has 0 aliphatic rings. The Kier molecular flexibility index (Phi) is 6.51. The first-order valence-electron chi connectivity index (χ1n) is 7.29. The van der Waals surface area contributed by atoms with Crippen LogP contribution in [0.4, 0.5) is 10.2 Å². The number of anilines is 1. The molecule has 0 spiro atoms. The highest BCUT2D eigenvalue weighted by Gasteiger charge is 2.16. The van der Waals surface area contributed by atoms with Gasteiger partial charge in [-0.3, -0.25) is 0 Å². The van der Waals surface area contributed by atoms with E-state index in [4.69, 9.17) is 9.84 Å². The minimum absolute atomic E-state index is 0.224. The lowest BCUT2D eigenvalue weighted by atomic mass is 10.1. The summed E-state index contributed by atoms with van der Waals surface area (Å²) in [5.74, 6) is -0.663. The first-order valence-corrected chi connectivity index (χ1v) is 8.51. The van der Waals surface area contributed by atoms with E-state index in [-0.39, 0.29) is 30.9 Å². The summed E-state index contributed by atoms with van der Waals surface area (Å²) in [4.78, 5) is 20.3. The monoisotopic (exact) mass is 351 g/mol. The van der Waals surface area contributed by atoms with Gasteiger partial charge >= 0.3 is 5.97 Å². The van der Waals surface area contributed by atoms with Crippen LogP contribution in [0, 0.1) is 5.82 Å². The Morgan fingerprint density at radius 3 is 2.88 bits per heavy atom. The number of thioether (sulfide) groups is 1. The highest BCUT2D eigenvalue weighted by Crippen LogP contribution is 2.19. The lowest BCUT2D eigenvalue weighted by Gasteiger charge is -2.11. The third kappa shape index (κ3) is 4.42. The number of hydrogen-bond donors (Lipinski definition) is 2. The molecule has 0 saturated heterocycles. The Bertz CT molecular complexity index is 728. The average molecular weight is 351 g/mol. The Balaban J connectivity index is 2.21. The lowest BCUT2D eigenvalue weighted by molar-refractivity contribution is 0.0526. The molecule has 0 bridgehead atoms. The summed E-state index contributed by atoms with van der Waals surface area (Å²) in [6.45, 7) is 1.87. The van der Waals surface area contributed by atoms with Gasteiger partial charge in [-0.2, -0.15) is 0 Å². The molecule has 0 amide bonds. The molecular formula is C16H18FN3O3S. The number of nitrogens with zero attached hydrogens (tertiary/aromatic N) is 2. The molecule has 0 aliphatic heterocycles. The molecule has 0 radical (unpaired) electrons. The van der Waals surface area contributed by atoms with Gasteiger partial charge < -0.3 is 15.2 Å². The SMILES string of the molecule is CCOC(=O)c1cnc(SC)nc1NCc1ccc(CO)c(F)c1. The summed E-state index contributed by atoms with van der Waals surface area (Å²) in [5.41, 5.74) is 1.11. The van der Waals surface area contributed by atoms with Crippen LogP contribution in [-0.2, 0) is 17.9 Å². The van der Waals surface area contributed by atoms with Crippen LogP contribution in [0.5, 0.6) is 0 Å². The van der Waals surface area contributed by atoms with Crippen molar-refractivity contribution < 1.29 is 19.0 Å². The molecule has 128 valence electrons. The van der Waals surface area contributed by atoms with Gasteiger partial charge in [-0.1, -0.05) is 23.9 Å². The number of halogens is 1. The van der Waals surface area contributed by atoms with Crippen molar-refractivity contribution in [3.05, 3.63) is 46.9 Å². The lowest BCUT2D eigenvalue weighted by Crippen LogP contribution is -2.13. The average Bonchev–Trinajstić information content (AvgIpc) is 2.60. The van der Waals surface area contributed by atoms with Crippen LogP contribution in [0.2, 0.25) is 0 Å². The summed E-state index contributed by atoms with van der Waals surface area (Å²) in [7, 11) is 0. The number of aromatic nitrogens is 2. The zero-order chi connectivity index (χ0) is 17.5. The predicted octanol–water partition coefficient (Wildman–Crippen LogP) is 2.62. The van der Waals surface area contributed by atoms with Crippen LogP contribution in [0.1, 0.15) is 28.4 Å². The normalized spacial score (nSPS) is 10.5. The van der Waals surface area contributed by atoms with Crippen LogP contribution in [0.15, 0.2) is 29.6 Å². The van der Waals surface area contributed by atoms with E-state index >= 15 is 0 Å². The predicted molar refractivity (Wildman–Crippen MR) is 89.4 cm³/mol. The van der Waals surface area contributed by atoms with Crippen molar-refractivity contribution in [3.63, 3.8) is 0 Å². The smallest absolute Gasteiger partial charge is 0.343 e. The van der Waals surface area contributed by atoms with E-state index < -0.39 is 11.8 Å². The minimum atomic E-state index is -0.519. The Hall–Kier alpha value is -2.19. The molecule has 2 aromatic rings. The zero-order valence-corrected chi connectivity index (χ0v) is 14.2. The van der Waals surface area contributed by atoms with Crippen molar-refractivity contribution in [2.24, 2.45) is 0 Å². The van der Waals surface area contributed by atoms with Gasteiger partial charge in [0.2, 0.25) is 0 Å². The number of carbonyl (C=O) groups excluding carboxylic acids is 1. The number of aliphatic hydroxyl groups excluding tert-OH is 1. The molecule has 1 heterocycles. The topological polar surface area (TPSA) is 84.3 Å². The minimum Gasteiger partial charge on any atom is -0.462 e. The van der Waals surface area contributed by atoms with Crippen LogP contribution in [0.25, 0.3) is 0 Å². The van der Waals surface area contributed by atoms with Crippen molar-refractivity contribution in [1.29, 1.82) is 0 Å². The van der Waals surface area contributed by atoms with Gasteiger partial charge in [0.15, 0.2) is 5.16 Å². The number of rotatable bonds is 7. The van der Waals surface area contributed by atoms with Crippen LogP contribution < -0.4 is 5.32 Å². The molecule has 1 aromatic carbocycles. The van der Waals surface area contributed by atoms with E-state index in [1.165, 1.54) is 30.1 Å². The first kappa shape index (κ1) is 18.2. The number of hydrogen-bond acceptors (Lipinski definition) is 7. The maximum absolute atomic E-state index is 13.7. The Morgan fingerprint density at radius 2 is 2.25 bits per heavy atom. The molecule has 0 aliphatic carbocycles. The number of aliphatic hydroxyl groups is 1. The number of benzene rings is 1. The van der Waals surface area contributed by atoms with E-state index in [1.807, 2.05) is 6.26 Å². The molecule has 24 heavy (non-hydrogen) atoms. The second-order valence-electron chi connectivity index (χ2n) is 4.78. The molecular weight excluding hydrogens is 333 g/mol. The maximum atomic E-state index is 13.7. The summed E-state index contributed by atoms with van der Waals surface area (Å²) in [6, 6.07) is 4.55. The van der Waals surface area contributed by atoms with E-state index in [1.54, 1.807) is 13.0 Å². The van der Waals surface area contributed by atoms with Gasteiger partial charge in [0, 0.05) is 18.3 Å². The fourth-order valence-corrected chi connectivity index (χ4v) is 2.31. The molecule has 2 rings (SSSR count). The number of nitrogens with one attached hydrogen (secondary N) is 1. The molecule has 0 unspecified atom stereocenters. The fourth-order valence-electron chi connectivity index (χ4n) is 1.97. The number of esters is 1. The van der Waals surface area contributed by atoms with Crippen molar-refractivity contribution in [1.82, 2.24) is 9.97 Å². The van der Waals surface area contributed by atoms with E-state index in [2.05, 4.69) is 15.3 Å². The Labute approximate surface area is 143 Å². The number of carbonyl (C=O) groups is 1. The molecule has 0 fully saturated rings. The maximum Gasteiger partial charge on any atom is 0.343 e. The number of ether oxygens (including phenoxy) is 1. The van der Waals surface area contributed by atoms with Crippen molar-refractivity contribution in [2.75, 3.05) is 18.2 Å². The van der Waals surface area contributed by atoms with Gasteiger partial charge in [-0.25, -0.2) is 19.2 Å². The molecule has 8 heteroatoms. The van der Waals surface area contributed by atoms with Crippen molar-refractivity contribution in [3.8, 4) is 0 Å². The second kappa shape index (κ2) is 8.60. The molecule has 1 aromatic heterocycles. The van der Waals surface area contributed by atoms with E-state index in [0.29, 0.717) is 16.5 Å². The first-order chi connectivity index (χ1) is 11.6. The summed E-state index contributed by atoms with van der Waals surface area (Å²) in [6.07, 6.45) is 3.24. The molecule has 6 nitrogen and oxygen atoms in total. The Morgan fingerprint density at radius 1 is 1.46 bits per heavy atom. The highest BCUT2D eigenvalue weighted by molar-refractivity contribution is 7.98. The van der Waals surface area contributed by atoms with Gasteiger partial charge in [0.05, 0.1) is 13.2 Å². The van der Waals surface area contributed by atoms with Crippen molar-refractivity contribution in [2.45, 2.75) is 25.2 Å². The quantitative estimate of drug-likeness (QED) is 0.451. The second-order valence-corrected chi connectivity index (χ2v) is 5.55. The van der Waals surface area contributed by atoms with Gasteiger partial charge in [0.1, 0.15) is 17.2 Å². The standard InChI is InChI=1S/C16H18FN3O3S/c1-3-23-15(22)12-8-19-16(24-2)20-14(12)18-7-10-4-5-11(9-21)13(17)6-10/h4-6,8,21H,3,7,9H2,1-2H3,(H,18,19,20). The van der Waals surface area contributed by atoms with Gasteiger partial charge in [0.25, 0.3) is 0 Å². The molecule has 2 N–H and O–H groups in total. The van der Waals surface area contributed by atoms with Crippen LogP contribution in [0.3, 0.4) is 0 Å². The summed E-state index contributed by atoms with van der Waals surface area (Å²) in [5, 5.41) is 12.5. The largest absolute Gasteiger partial charge is 0.462 e. The summed E-state index contributed by atoms with van der Waals surface area (Å²) >= 11 is 1.34. The van der Waals surface area contributed by atoms with Crippen LogP contribution >= 0.6 is 11.8 Å². The fraction of sp³-hybridized carbons (Fsp3) is 0.312. The summed E-state index contributed by atoms with van der Waals surface area (Å²) < 4.78 is 18.7.